The second kappa shape index (κ2) is 3.71. The average Bonchev–Trinajstić information content (AvgIpc) is 2.03. The molecule has 1 aliphatic carbocycles. The normalized spacial score (nSPS) is 32.0. The fourth-order valence-corrected chi connectivity index (χ4v) is 2.24. The van der Waals surface area contributed by atoms with Gasteiger partial charge in [-0.2, -0.15) is 0 Å². The fourth-order valence-electron chi connectivity index (χ4n) is 2.24. The Balaban J connectivity index is 2.59. The maximum atomic E-state index is 12.4. The summed E-state index contributed by atoms with van der Waals surface area (Å²) in [6.45, 7) is -2.71. The van der Waals surface area contributed by atoms with Crippen LogP contribution >= 0.6 is 0 Å². The summed E-state index contributed by atoms with van der Waals surface area (Å²) >= 11 is 0. The smallest absolute Gasteiger partial charge is 0.449 e. The van der Waals surface area contributed by atoms with E-state index in [1.54, 1.807) is 0 Å². The van der Waals surface area contributed by atoms with Crippen molar-refractivity contribution >= 4 is 6.98 Å². The third kappa shape index (κ3) is 2.17. The SMILES string of the molecule is CC[C@H]1CCCCC1[B-](F)(F)F. The lowest BCUT2D eigenvalue weighted by molar-refractivity contribution is 0.285. The fraction of sp³-hybridized carbons (Fsp3) is 1.00. The van der Waals surface area contributed by atoms with E-state index in [0.717, 1.165) is 19.3 Å². The van der Waals surface area contributed by atoms with Crippen LogP contribution in [0.25, 0.3) is 0 Å². The third-order valence-corrected chi connectivity index (χ3v) is 2.98. The van der Waals surface area contributed by atoms with Gasteiger partial charge in [-0.25, -0.2) is 0 Å². The zero-order valence-corrected chi connectivity index (χ0v) is 7.40. The molecular weight excluding hydrogens is 164 g/mol. The Morgan fingerprint density at radius 3 is 2.17 bits per heavy atom. The first kappa shape index (κ1) is 9.94. The summed E-state index contributed by atoms with van der Waals surface area (Å²) in [7, 11) is 0. The number of rotatable bonds is 2. The molecule has 0 aliphatic heterocycles. The van der Waals surface area contributed by atoms with Crippen molar-refractivity contribution in [1.82, 2.24) is 0 Å². The van der Waals surface area contributed by atoms with Crippen molar-refractivity contribution in [3.8, 4) is 0 Å². The van der Waals surface area contributed by atoms with Crippen LogP contribution in [0.1, 0.15) is 39.0 Å². The summed E-state index contributed by atoms with van der Waals surface area (Å²) in [5.41, 5.74) is 0. The molecule has 1 fully saturated rings. The van der Waals surface area contributed by atoms with Crippen LogP contribution in [-0.4, -0.2) is 6.98 Å². The van der Waals surface area contributed by atoms with Crippen LogP contribution in [0.3, 0.4) is 0 Å². The first-order valence-corrected chi connectivity index (χ1v) is 4.75. The molecule has 0 radical (unpaired) electrons. The molecule has 0 N–H and O–H groups in total. The summed E-state index contributed by atoms with van der Waals surface area (Å²) in [5.74, 6) is -1.04. The largest absolute Gasteiger partial charge is 0.481 e. The summed E-state index contributed by atoms with van der Waals surface area (Å²) in [6, 6.07) is 0. The Morgan fingerprint density at radius 2 is 1.75 bits per heavy atom. The Kier molecular flexibility index (Phi) is 3.07. The highest BCUT2D eigenvalue weighted by Crippen LogP contribution is 2.44. The van der Waals surface area contributed by atoms with E-state index in [-0.39, 0.29) is 5.92 Å². The Bertz CT molecular complexity index is 144. The van der Waals surface area contributed by atoms with Crippen LogP contribution in [0.15, 0.2) is 0 Å². The van der Waals surface area contributed by atoms with Crippen LogP contribution in [0, 0.1) is 5.92 Å². The highest BCUT2D eigenvalue weighted by Gasteiger charge is 2.39. The van der Waals surface area contributed by atoms with Crippen LogP contribution in [0.2, 0.25) is 5.82 Å². The summed E-state index contributed by atoms with van der Waals surface area (Å²) in [6.07, 6.45) is 3.60. The van der Waals surface area contributed by atoms with Crippen LogP contribution < -0.4 is 0 Å². The van der Waals surface area contributed by atoms with E-state index in [0.29, 0.717) is 12.8 Å². The Morgan fingerprint density at radius 1 is 1.17 bits per heavy atom. The molecule has 0 aromatic rings. The molecule has 1 aliphatic rings. The first-order valence-electron chi connectivity index (χ1n) is 4.75. The highest BCUT2D eigenvalue weighted by molar-refractivity contribution is 6.60. The van der Waals surface area contributed by atoms with E-state index < -0.39 is 12.8 Å². The maximum absolute atomic E-state index is 12.4. The van der Waals surface area contributed by atoms with Crippen LogP contribution in [0.5, 0.6) is 0 Å². The van der Waals surface area contributed by atoms with E-state index in [1.165, 1.54) is 0 Å². The van der Waals surface area contributed by atoms with Crippen molar-refractivity contribution in [2.24, 2.45) is 5.92 Å². The van der Waals surface area contributed by atoms with Crippen molar-refractivity contribution in [1.29, 1.82) is 0 Å². The Hall–Kier alpha value is -0.145. The van der Waals surface area contributed by atoms with Gasteiger partial charge >= 0.3 is 6.98 Å². The minimum Gasteiger partial charge on any atom is -0.449 e. The second-order valence-electron chi connectivity index (χ2n) is 3.74. The monoisotopic (exact) mass is 179 g/mol. The summed E-state index contributed by atoms with van der Waals surface area (Å²) < 4.78 is 37.3. The van der Waals surface area contributed by atoms with Gasteiger partial charge in [0.2, 0.25) is 0 Å². The molecule has 0 amide bonds. The molecule has 1 rings (SSSR count). The van der Waals surface area contributed by atoms with Gasteiger partial charge in [0.1, 0.15) is 0 Å². The van der Waals surface area contributed by atoms with E-state index in [9.17, 15) is 12.9 Å². The van der Waals surface area contributed by atoms with E-state index in [4.69, 9.17) is 0 Å². The van der Waals surface area contributed by atoms with Crippen molar-refractivity contribution in [2.45, 2.75) is 44.8 Å². The van der Waals surface area contributed by atoms with Gasteiger partial charge in [0, 0.05) is 0 Å². The standard InChI is InChI=1S/C8H15BF3/c1-2-7-5-3-4-6-8(7)9(10,11)12/h7-8H,2-6H2,1H3/q-1/t7-,8?/m0/s1. The molecule has 0 bridgehead atoms. The topological polar surface area (TPSA) is 0 Å². The quantitative estimate of drug-likeness (QED) is 0.565. The van der Waals surface area contributed by atoms with Crippen molar-refractivity contribution < 1.29 is 12.9 Å². The van der Waals surface area contributed by atoms with Gasteiger partial charge in [-0.05, 0) is 0 Å². The summed E-state index contributed by atoms with van der Waals surface area (Å²) in [5, 5.41) is 0. The molecular formula is C8H15BF3-. The number of hydrogen-bond acceptors (Lipinski definition) is 0. The second-order valence-corrected chi connectivity index (χ2v) is 3.74. The van der Waals surface area contributed by atoms with Gasteiger partial charge in [0.15, 0.2) is 0 Å². The highest BCUT2D eigenvalue weighted by atomic mass is 19.4. The molecule has 2 atom stereocenters. The number of hydrogen-bond donors (Lipinski definition) is 0. The van der Waals surface area contributed by atoms with Crippen molar-refractivity contribution in [2.75, 3.05) is 0 Å². The zero-order chi connectivity index (χ0) is 9.19. The molecule has 4 heteroatoms. The molecule has 0 aromatic carbocycles. The Labute approximate surface area is 71.6 Å². The third-order valence-electron chi connectivity index (χ3n) is 2.98. The van der Waals surface area contributed by atoms with E-state index in [1.807, 2.05) is 6.92 Å². The molecule has 0 nitrogen and oxygen atoms in total. The van der Waals surface area contributed by atoms with Gasteiger partial charge in [0.25, 0.3) is 0 Å². The van der Waals surface area contributed by atoms with Crippen LogP contribution in [0.4, 0.5) is 12.9 Å². The molecule has 1 unspecified atom stereocenters. The van der Waals surface area contributed by atoms with Gasteiger partial charge < -0.3 is 12.9 Å². The predicted molar refractivity (Wildman–Crippen MR) is 45.1 cm³/mol. The lowest BCUT2D eigenvalue weighted by atomic mass is 9.59. The predicted octanol–water partition coefficient (Wildman–Crippen LogP) is 3.80. The van der Waals surface area contributed by atoms with E-state index >= 15 is 0 Å². The van der Waals surface area contributed by atoms with Gasteiger partial charge in [0.05, 0.1) is 0 Å². The lowest BCUT2D eigenvalue weighted by Crippen LogP contribution is -2.32. The minimum absolute atomic E-state index is 0.0845. The van der Waals surface area contributed by atoms with Gasteiger partial charge in [-0.3, -0.25) is 0 Å². The molecule has 0 spiro atoms. The lowest BCUT2D eigenvalue weighted by Gasteiger charge is -2.37. The minimum atomic E-state index is -4.58. The maximum Gasteiger partial charge on any atom is 0.481 e. The van der Waals surface area contributed by atoms with Gasteiger partial charge in [-0.15, -0.1) is 0 Å². The molecule has 0 heterocycles. The molecule has 1 saturated carbocycles. The van der Waals surface area contributed by atoms with E-state index in [2.05, 4.69) is 0 Å². The van der Waals surface area contributed by atoms with Crippen molar-refractivity contribution in [3.05, 3.63) is 0 Å². The zero-order valence-electron chi connectivity index (χ0n) is 7.40. The molecule has 0 aromatic heterocycles. The average molecular weight is 179 g/mol. The molecule has 72 valence electrons. The number of halogens is 3. The van der Waals surface area contributed by atoms with Gasteiger partial charge in [-0.1, -0.05) is 50.8 Å². The van der Waals surface area contributed by atoms with Crippen molar-refractivity contribution in [3.63, 3.8) is 0 Å². The van der Waals surface area contributed by atoms with Crippen LogP contribution in [-0.2, 0) is 0 Å². The molecule has 0 saturated heterocycles. The first-order chi connectivity index (χ1) is 5.55. The summed E-state index contributed by atoms with van der Waals surface area (Å²) in [4.78, 5) is 0. The molecule has 12 heavy (non-hydrogen) atoms.